The zero-order valence-corrected chi connectivity index (χ0v) is 18.4. The first-order chi connectivity index (χ1) is 14.8. The van der Waals surface area contributed by atoms with Crippen LogP contribution in [0.25, 0.3) is 11.3 Å². The number of aromatic nitrogens is 3. The van der Waals surface area contributed by atoms with Crippen LogP contribution in [0.4, 0.5) is 5.69 Å². The van der Waals surface area contributed by atoms with Crippen LogP contribution < -0.4 is 10.1 Å². The Kier molecular flexibility index (Phi) is 6.84. The minimum Gasteiger partial charge on any atom is -0.448 e. The maximum Gasteiger partial charge on any atom is 0.247 e. The summed E-state index contributed by atoms with van der Waals surface area (Å²) in [6, 6.07) is 16.3. The van der Waals surface area contributed by atoms with Gasteiger partial charge in [-0.2, -0.15) is 4.98 Å². The van der Waals surface area contributed by atoms with Crippen LogP contribution in [0.2, 0.25) is 0 Å². The van der Waals surface area contributed by atoms with Crippen molar-refractivity contribution in [3.63, 3.8) is 0 Å². The van der Waals surface area contributed by atoms with Gasteiger partial charge in [0.05, 0.1) is 0 Å². The molecule has 1 N–H and O–H groups in total. The zero-order valence-electron chi connectivity index (χ0n) is 17.6. The van der Waals surface area contributed by atoms with E-state index in [1.807, 2.05) is 36.4 Å². The number of hydrogen-bond donors (Lipinski definition) is 1. The van der Waals surface area contributed by atoms with Gasteiger partial charge in [-0.3, -0.25) is 0 Å². The first-order valence-electron chi connectivity index (χ1n) is 10.7. The van der Waals surface area contributed by atoms with Crippen LogP contribution in [-0.2, 0) is 0 Å². The molecule has 3 aromatic rings. The Labute approximate surface area is 182 Å². The van der Waals surface area contributed by atoms with Crippen molar-refractivity contribution in [2.24, 2.45) is 0 Å². The predicted molar refractivity (Wildman–Crippen MR) is 123 cm³/mol. The molecule has 30 heavy (non-hydrogen) atoms. The van der Waals surface area contributed by atoms with Crippen molar-refractivity contribution >= 4 is 17.4 Å². The molecule has 0 saturated heterocycles. The molecule has 0 amide bonds. The summed E-state index contributed by atoms with van der Waals surface area (Å²) < 4.78 is 6.37. The molecule has 6 heteroatoms. The maximum absolute atomic E-state index is 6.37. The number of aryl methyl sites for hydroxylation is 1. The standard InChI is InChI=1S/C24H28N4OS/c1-3-4-5-6-11-16-30-24-26-23-21(27-28-24)19-14-9-10-15-20(19)25-22(29-23)18-13-8-7-12-17(18)2/h7-10,12-15,22,25H,3-6,11,16H2,1-2H3/t22-/m1/s1. The minimum absolute atomic E-state index is 0.336. The molecule has 0 bridgehead atoms. The Balaban J connectivity index is 1.59. The number of unbranched alkanes of at least 4 members (excludes halogenated alkanes) is 4. The van der Waals surface area contributed by atoms with Crippen LogP contribution in [0.15, 0.2) is 53.7 Å². The van der Waals surface area contributed by atoms with Crippen LogP contribution in [0, 0.1) is 6.92 Å². The highest BCUT2D eigenvalue weighted by Gasteiger charge is 2.26. The number of nitrogens with zero attached hydrogens (tertiary/aromatic N) is 3. The fraction of sp³-hybridized carbons (Fsp3) is 0.375. The van der Waals surface area contributed by atoms with E-state index < -0.39 is 0 Å². The van der Waals surface area contributed by atoms with E-state index in [9.17, 15) is 0 Å². The predicted octanol–water partition coefficient (Wildman–Crippen LogP) is 6.41. The second-order valence-corrected chi connectivity index (χ2v) is 8.62. The molecule has 0 spiro atoms. The SMILES string of the molecule is CCCCCCCSc1nnc2c(n1)O[C@H](c1ccccc1C)Nc1ccccc1-2. The largest absolute Gasteiger partial charge is 0.448 e. The highest BCUT2D eigenvalue weighted by molar-refractivity contribution is 7.99. The van der Waals surface area contributed by atoms with E-state index in [0.29, 0.717) is 16.7 Å². The van der Waals surface area contributed by atoms with Gasteiger partial charge in [-0.15, -0.1) is 10.2 Å². The van der Waals surface area contributed by atoms with Gasteiger partial charge >= 0.3 is 0 Å². The van der Waals surface area contributed by atoms with Crippen molar-refractivity contribution in [2.75, 3.05) is 11.1 Å². The molecule has 0 unspecified atom stereocenters. The molecule has 0 aliphatic carbocycles. The van der Waals surface area contributed by atoms with Gasteiger partial charge in [-0.25, -0.2) is 0 Å². The molecule has 1 aromatic heterocycles. The Morgan fingerprint density at radius 3 is 2.63 bits per heavy atom. The molecule has 2 aromatic carbocycles. The topological polar surface area (TPSA) is 59.9 Å². The third-order valence-corrected chi connectivity index (χ3v) is 6.21. The monoisotopic (exact) mass is 420 g/mol. The van der Waals surface area contributed by atoms with Crippen molar-refractivity contribution in [3.8, 4) is 17.1 Å². The average molecular weight is 421 g/mol. The van der Waals surface area contributed by atoms with Crippen LogP contribution in [0.5, 0.6) is 5.88 Å². The highest BCUT2D eigenvalue weighted by Crippen LogP contribution is 2.39. The molecule has 1 aliphatic rings. The van der Waals surface area contributed by atoms with E-state index in [1.54, 1.807) is 11.8 Å². The minimum atomic E-state index is -0.336. The molecule has 1 atom stereocenters. The summed E-state index contributed by atoms with van der Waals surface area (Å²) in [5.41, 5.74) is 4.86. The van der Waals surface area contributed by atoms with E-state index in [-0.39, 0.29) is 6.23 Å². The van der Waals surface area contributed by atoms with Gasteiger partial charge in [0.25, 0.3) is 0 Å². The summed E-state index contributed by atoms with van der Waals surface area (Å²) in [6.45, 7) is 4.33. The van der Waals surface area contributed by atoms with Crippen molar-refractivity contribution < 1.29 is 4.74 Å². The molecule has 1 aliphatic heterocycles. The smallest absolute Gasteiger partial charge is 0.247 e. The average Bonchev–Trinajstić information content (AvgIpc) is 2.93. The van der Waals surface area contributed by atoms with E-state index >= 15 is 0 Å². The molecule has 2 heterocycles. The van der Waals surface area contributed by atoms with E-state index in [1.165, 1.54) is 37.7 Å². The van der Waals surface area contributed by atoms with Crippen molar-refractivity contribution in [3.05, 3.63) is 59.7 Å². The van der Waals surface area contributed by atoms with Crippen LogP contribution in [0.3, 0.4) is 0 Å². The second-order valence-electron chi connectivity index (χ2n) is 7.56. The molecule has 156 valence electrons. The number of fused-ring (bicyclic) bond motifs is 3. The lowest BCUT2D eigenvalue weighted by molar-refractivity contribution is 0.224. The summed E-state index contributed by atoms with van der Waals surface area (Å²) in [7, 11) is 0. The molecule has 5 nitrogen and oxygen atoms in total. The van der Waals surface area contributed by atoms with Crippen molar-refractivity contribution in [1.29, 1.82) is 0 Å². The van der Waals surface area contributed by atoms with Gasteiger partial charge < -0.3 is 10.1 Å². The number of nitrogens with one attached hydrogen (secondary N) is 1. The summed E-state index contributed by atoms with van der Waals surface area (Å²) in [4.78, 5) is 4.74. The maximum atomic E-state index is 6.37. The summed E-state index contributed by atoms with van der Waals surface area (Å²) in [6.07, 6.45) is 5.95. The van der Waals surface area contributed by atoms with E-state index in [2.05, 4.69) is 41.5 Å². The highest BCUT2D eigenvalue weighted by atomic mass is 32.2. The molecule has 0 fully saturated rings. The van der Waals surface area contributed by atoms with E-state index in [0.717, 1.165) is 22.6 Å². The Hall–Kier alpha value is -2.60. The van der Waals surface area contributed by atoms with Gasteiger partial charge in [-0.1, -0.05) is 86.8 Å². The van der Waals surface area contributed by atoms with Gasteiger partial charge in [0.1, 0.15) is 0 Å². The molecule has 4 rings (SSSR count). The van der Waals surface area contributed by atoms with Gasteiger partial charge in [0.2, 0.25) is 11.0 Å². The number of para-hydroxylation sites is 1. The lowest BCUT2D eigenvalue weighted by Gasteiger charge is -2.21. The lowest BCUT2D eigenvalue weighted by Crippen LogP contribution is -2.18. The van der Waals surface area contributed by atoms with Crippen LogP contribution >= 0.6 is 11.8 Å². The van der Waals surface area contributed by atoms with Gasteiger partial charge in [-0.05, 0) is 25.0 Å². The Bertz CT molecular complexity index is 994. The Morgan fingerprint density at radius 1 is 0.967 bits per heavy atom. The number of anilines is 1. The third-order valence-electron chi connectivity index (χ3n) is 5.28. The van der Waals surface area contributed by atoms with Gasteiger partial charge in [0.15, 0.2) is 11.9 Å². The normalized spacial score (nSPS) is 14.8. The summed E-state index contributed by atoms with van der Waals surface area (Å²) in [5, 5.41) is 13.1. The number of rotatable bonds is 8. The van der Waals surface area contributed by atoms with Crippen molar-refractivity contribution in [1.82, 2.24) is 15.2 Å². The number of benzene rings is 2. The number of thioether (sulfide) groups is 1. The van der Waals surface area contributed by atoms with Crippen LogP contribution in [-0.4, -0.2) is 20.9 Å². The first-order valence-corrected chi connectivity index (χ1v) is 11.7. The molecule has 0 radical (unpaired) electrons. The fourth-order valence-corrected chi connectivity index (χ4v) is 4.38. The number of ether oxygens (including phenoxy) is 1. The molecule has 0 saturated carbocycles. The first kappa shape index (κ1) is 20.7. The van der Waals surface area contributed by atoms with Gasteiger partial charge in [0, 0.05) is 22.6 Å². The second kappa shape index (κ2) is 9.94. The lowest BCUT2D eigenvalue weighted by atomic mass is 10.1. The summed E-state index contributed by atoms with van der Waals surface area (Å²) >= 11 is 1.65. The quantitative estimate of drug-likeness (QED) is 0.335. The summed E-state index contributed by atoms with van der Waals surface area (Å²) in [5.74, 6) is 1.53. The fourth-order valence-electron chi connectivity index (χ4n) is 3.60. The van der Waals surface area contributed by atoms with Crippen molar-refractivity contribution in [2.45, 2.75) is 57.3 Å². The molecular weight excluding hydrogens is 392 g/mol. The molecular formula is C24H28N4OS. The Morgan fingerprint density at radius 2 is 1.77 bits per heavy atom. The third kappa shape index (κ3) is 4.75. The zero-order chi connectivity index (χ0) is 20.8. The van der Waals surface area contributed by atoms with E-state index in [4.69, 9.17) is 9.72 Å². The van der Waals surface area contributed by atoms with Crippen LogP contribution in [0.1, 0.15) is 56.4 Å². The number of hydrogen-bond acceptors (Lipinski definition) is 6.